The molecule has 1 amide bonds. The second kappa shape index (κ2) is 6.23. The van der Waals surface area contributed by atoms with Gasteiger partial charge in [0, 0.05) is 30.9 Å². The molecule has 8 nitrogen and oxygen atoms in total. The van der Waals surface area contributed by atoms with Gasteiger partial charge in [-0.3, -0.25) is 4.79 Å². The van der Waals surface area contributed by atoms with Crippen molar-refractivity contribution in [2.45, 2.75) is 6.54 Å². The number of hydrogen-bond acceptors (Lipinski definition) is 5. The Morgan fingerprint density at radius 1 is 1.24 bits per heavy atom. The number of amides is 1. The average molecular weight is 336 g/mol. The molecule has 0 radical (unpaired) electrons. The molecule has 4 rings (SSSR count). The molecule has 0 atom stereocenters. The Bertz CT molecular complexity index is 1050. The Kier molecular flexibility index (Phi) is 3.77. The lowest BCUT2D eigenvalue weighted by Crippen LogP contribution is -2.27. The average Bonchev–Trinajstić information content (AvgIpc) is 3.27. The number of nitrogens with one attached hydrogen (secondary N) is 1. The van der Waals surface area contributed by atoms with Crippen molar-refractivity contribution in [1.82, 2.24) is 29.9 Å². The Hall–Kier alpha value is -3.42. The molecular formula is C17H16N6O2. The van der Waals surface area contributed by atoms with E-state index in [9.17, 15) is 4.79 Å². The third-order valence-electron chi connectivity index (χ3n) is 4.09. The van der Waals surface area contributed by atoms with Crippen molar-refractivity contribution < 1.29 is 9.53 Å². The predicted molar refractivity (Wildman–Crippen MR) is 91.6 cm³/mol. The lowest BCUT2D eigenvalue weighted by atomic mass is 10.2. The minimum Gasteiger partial charge on any atom is -0.496 e. The van der Waals surface area contributed by atoms with Crippen molar-refractivity contribution in [2.24, 2.45) is 0 Å². The molecule has 0 aliphatic carbocycles. The molecule has 4 aromatic rings. The van der Waals surface area contributed by atoms with Gasteiger partial charge in [0.05, 0.1) is 18.2 Å². The SMILES string of the molecule is COc1cccc2c1ccn2CCNC(=O)c1ccc2nnnn2c1. The highest BCUT2D eigenvalue weighted by Crippen LogP contribution is 2.25. The van der Waals surface area contributed by atoms with E-state index >= 15 is 0 Å². The second-order valence-electron chi connectivity index (χ2n) is 5.56. The summed E-state index contributed by atoms with van der Waals surface area (Å²) in [7, 11) is 1.66. The number of aromatic nitrogens is 5. The first-order valence-corrected chi connectivity index (χ1v) is 7.84. The molecule has 0 spiro atoms. The molecular weight excluding hydrogens is 320 g/mol. The summed E-state index contributed by atoms with van der Waals surface area (Å²) in [4.78, 5) is 12.3. The summed E-state index contributed by atoms with van der Waals surface area (Å²) < 4.78 is 8.93. The number of tetrazole rings is 1. The number of rotatable bonds is 5. The molecule has 0 unspecified atom stereocenters. The maximum Gasteiger partial charge on any atom is 0.252 e. The van der Waals surface area contributed by atoms with Gasteiger partial charge in [0.1, 0.15) is 5.75 Å². The third kappa shape index (κ3) is 2.78. The van der Waals surface area contributed by atoms with Gasteiger partial charge in [-0.2, -0.15) is 4.52 Å². The van der Waals surface area contributed by atoms with E-state index in [0.717, 1.165) is 16.7 Å². The molecule has 1 N–H and O–H groups in total. The van der Waals surface area contributed by atoms with Gasteiger partial charge in [-0.1, -0.05) is 6.07 Å². The number of ether oxygens (including phenoxy) is 1. The summed E-state index contributed by atoms with van der Waals surface area (Å²) in [6.07, 6.45) is 3.60. The van der Waals surface area contributed by atoms with Crippen LogP contribution in [0.25, 0.3) is 16.6 Å². The van der Waals surface area contributed by atoms with Crippen LogP contribution in [0.15, 0.2) is 48.8 Å². The lowest BCUT2D eigenvalue weighted by Gasteiger charge is -2.08. The normalized spacial score (nSPS) is 11.1. The van der Waals surface area contributed by atoms with Crippen LogP contribution < -0.4 is 10.1 Å². The van der Waals surface area contributed by atoms with Crippen LogP contribution in [-0.4, -0.2) is 44.2 Å². The maximum atomic E-state index is 12.3. The topological polar surface area (TPSA) is 86.3 Å². The number of hydrogen-bond donors (Lipinski definition) is 1. The van der Waals surface area contributed by atoms with Crippen LogP contribution in [0.3, 0.4) is 0 Å². The minimum absolute atomic E-state index is 0.161. The standard InChI is InChI=1S/C17H16N6O2/c1-25-15-4-2-3-14-13(15)7-9-22(14)10-8-18-17(24)12-5-6-16-19-20-21-23(16)11-12/h2-7,9,11H,8,10H2,1H3,(H,18,24). The monoisotopic (exact) mass is 336 g/mol. The number of carbonyl (C=O) groups excluding carboxylic acids is 1. The van der Waals surface area contributed by atoms with E-state index in [4.69, 9.17) is 4.74 Å². The zero-order valence-corrected chi connectivity index (χ0v) is 13.6. The van der Waals surface area contributed by atoms with Crippen LogP contribution in [-0.2, 0) is 6.54 Å². The van der Waals surface area contributed by atoms with Gasteiger partial charge in [0.2, 0.25) is 0 Å². The number of pyridine rings is 1. The molecule has 1 aromatic carbocycles. The Labute approximate surface area is 143 Å². The fourth-order valence-corrected chi connectivity index (χ4v) is 2.84. The van der Waals surface area contributed by atoms with Crippen molar-refractivity contribution in [3.05, 3.63) is 54.4 Å². The molecule has 0 saturated heterocycles. The quantitative estimate of drug-likeness (QED) is 0.597. The molecule has 0 aliphatic heterocycles. The summed E-state index contributed by atoms with van der Waals surface area (Å²) in [6.45, 7) is 1.17. The lowest BCUT2D eigenvalue weighted by molar-refractivity contribution is 0.0952. The zero-order valence-electron chi connectivity index (χ0n) is 13.6. The van der Waals surface area contributed by atoms with Crippen molar-refractivity contribution in [1.29, 1.82) is 0 Å². The van der Waals surface area contributed by atoms with Gasteiger partial charge in [-0.25, -0.2) is 0 Å². The summed E-state index contributed by atoms with van der Waals surface area (Å²) in [5.74, 6) is 0.682. The fourth-order valence-electron chi connectivity index (χ4n) is 2.84. The van der Waals surface area contributed by atoms with Crippen molar-refractivity contribution in [3.63, 3.8) is 0 Å². The fraction of sp³-hybridized carbons (Fsp3) is 0.176. The first kappa shape index (κ1) is 15.1. The second-order valence-corrected chi connectivity index (χ2v) is 5.56. The Balaban J connectivity index is 1.44. The Morgan fingerprint density at radius 3 is 3.04 bits per heavy atom. The van der Waals surface area contributed by atoms with Gasteiger partial charge in [-0.15, -0.1) is 5.10 Å². The number of methoxy groups -OCH3 is 1. The van der Waals surface area contributed by atoms with E-state index in [0.29, 0.717) is 24.3 Å². The van der Waals surface area contributed by atoms with Crippen molar-refractivity contribution >= 4 is 22.5 Å². The van der Waals surface area contributed by atoms with E-state index in [1.165, 1.54) is 4.52 Å². The van der Waals surface area contributed by atoms with Gasteiger partial charge < -0.3 is 14.6 Å². The van der Waals surface area contributed by atoms with Gasteiger partial charge >= 0.3 is 0 Å². The highest BCUT2D eigenvalue weighted by molar-refractivity contribution is 5.94. The molecule has 126 valence electrons. The molecule has 0 aliphatic rings. The summed E-state index contributed by atoms with van der Waals surface area (Å²) >= 11 is 0. The van der Waals surface area contributed by atoms with Crippen LogP contribution >= 0.6 is 0 Å². The van der Waals surface area contributed by atoms with Crippen molar-refractivity contribution in [2.75, 3.05) is 13.7 Å². The van der Waals surface area contributed by atoms with Crippen LogP contribution in [0.5, 0.6) is 5.75 Å². The smallest absolute Gasteiger partial charge is 0.252 e. The molecule has 0 fully saturated rings. The van der Waals surface area contributed by atoms with Gasteiger partial charge in [0.25, 0.3) is 5.91 Å². The van der Waals surface area contributed by atoms with Crippen LogP contribution in [0.2, 0.25) is 0 Å². The molecule has 25 heavy (non-hydrogen) atoms. The molecule has 3 aromatic heterocycles. The number of benzene rings is 1. The predicted octanol–water partition coefficient (Wildman–Crippen LogP) is 1.52. The van der Waals surface area contributed by atoms with E-state index in [1.807, 2.05) is 30.5 Å². The van der Waals surface area contributed by atoms with Crippen molar-refractivity contribution in [3.8, 4) is 5.75 Å². The highest BCUT2D eigenvalue weighted by atomic mass is 16.5. The van der Waals surface area contributed by atoms with E-state index in [-0.39, 0.29) is 5.91 Å². The third-order valence-corrected chi connectivity index (χ3v) is 4.09. The van der Waals surface area contributed by atoms with E-state index in [2.05, 4.69) is 25.4 Å². The van der Waals surface area contributed by atoms with Crippen LogP contribution in [0, 0.1) is 0 Å². The van der Waals surface area contributed by atoms with Crippen LogP contribution in [0.1, 0.15) is 10.4 Å². The van der Waals surface area contributed by atoms with E-state index in [1.54, 1.807) is 25.4 Å². The minimum atomic E-state index is -0.161. The zero-order chi connectivity index (χ0) is 17.2. The summed E-state index contributed by atoms with van der Waals surface area (Å²) in [5, 5.41) is 15.1. The van der Waals surface area contributed by atoms with Crippen LogP contribution in [0.4, 0.5) is 0 Å². The van der Waals surface area contributed by atoms with E-state index < -0.39 is 0 Å². The summed E-state index contributed by atoms with van der Waals surface area (Å²) in [6, 6.07) is 11.4. The largest absolute Gasteiger partial charge is 0.496 e. The first-order valence-electron chi connectivity index (χ1n) is 7.84. The number of fused-ring (bicyclic) bond motifs is 2. The maximum absolute atomic E-state index is 12.3. The number of carbonyl (C=O) groups is 1. The molecule has 8 heteroatoms. The number of nitrogens with zero attached hydrogens (tertiary/aromatic N) is 5. The molecule has 3 heterocycles. The Morgan fingerprint density at radius 2 is 2.16 bits per heavy atom. The highest BCUT2D eigenvalue weighted by Gasteiger charge is 2.09. The molecule has 0 bridgehead atoms. The first-order chi connectivity index (χ1) is 12.3. The van der Waals surface area contributed by atoms with Gasteiger partial charge in [-0.05, 0) is 40.8 Å². The van der Waals surface area contributed by atoms with Gasteiger partial charge in [0.15, 0.2) is 5.65 Å². The summed E-state index contributed by atoms with van der Waals surface area (Å²) in [5.41, 5.74) is 2.19. The molecule has 0 saturated carbocycles.